The fraction of sp³-hybridized carbons (Fsp3) is 0.333. The first-order valence-electron chi connectivity index (χ1n) is 5.68. The van der Waals surface area contributed by atoms with Crippen LogP contribution in [0.25, 0.3) is 0 Å². The number of nitrogens with one attached hydrogen (secondary N) is 2. The summed E-state index contributed by atoms with van der Waals surface area (Å²) in [6, 6.07) is 2.41. The second kappa shape index (κ2) is 5.21. The minimum absolute atomic E-state index is 0.0481. The van der Waals surface area contributed by atoms with E-state index in [-0.39, 0.29) is 24.4 Å². The first-order chi connectivity index (χ1) is 8.97. The molecule has 102 valence electrons. The SMILES string of the molecule is O=C(O)NC1CNC(=O)CC1c1ccc(F)cc1F. The Bertz CT molecular complexity index is 522. The second-order valence-electron chi connectivity index (χ2n) is 4.34. The maximum absolute atomic E-state index is 13.7. The lowest BCUT2D eigenvalue weighted by atomic mass is 9.85. The number of amides is 2. The summed E-state index contributed by atoms with van der Waals surface area (Å²) in [5.74, 6) is -2.44. The van der Waals surface area contributed by atoms with Gasteiger partial charge in [0.25, 0.3) is 0 Å². The summed E-state index contributed by atoms with van der Waals surface area (Å²) in [5, 5.41) is 13.5. The first-order valence-corrected chi connectivity index (χ1v) is 5.68. The number of hydrogen-bond donors (Lipinski definition) is 3. The van der Waals surface area contributed by atoms with Gasteiger partial charge in [0.2, 0.25) is 5.91 Å². The van der Waals surface area contributed by atoms with Gasteiger partial charge in [0, 0.05) is 24.9 Å². The van der Waals surface area contributed by atoms with Gasteiger partial charge >= 0.3 is 6.09 Å². The van der Waals surface area contributed by atoms with Gasteiger partial charge in [0.05, 0.1) is 6.04 Å². The molecule has 19 heavy (non-hydrogen) atoms. The average molecular weight is 270 g/mol. The molecule has 1 aromatic rings. The Kier molecular flexibility index (Phi) is 3.64. The van der Waals surface area contributed by atoms with Crippen LogP contribution in [0.2, 0.25) is 0 Å². The van der Waals surface area contributed by atoms with Crippen LogP contribution in [0.3, 0.4) is 0 Å². The Labute approximate surface area is 107 Å². The highest BCUT2D eigenvalue weighted by Crippen LogP contribution is 2.28. The molecule has 0 spiro atoms. The molecule has 0 aromatic heterocycles. The van der Waals surface area contributed by atoms with Gasteiger partial charge in [-0.3, -0.25) is 4.79 Å². The van der Waals surface area contributed by atoms with Crippen LogP contribution >= 0.6 is 0 Å². The van der Waals surface area contributed by atoms with Crippen molar-refractivity contribution in [3.63, 3.8) is 0 Å². The molecular weight excluding hydrogens is 258 g/mol. The van der Waals surface area contributed by atoms with E-state index in [1.807, 2.05) is 0 Å². The number of hydrogen-bond acceptors (Lipinski definition) is 2. The molecular formula is C12H12F2N2O3. The standard InChI is InChI=1S/C12H12F2N2O3/c13-6-1-2-7(9(14)3-6)8-4-11(17)15-5-10(8)16-12(18)19/h1-3,8,10,16H,4-5H2,(H,15,17)(H,18,19). The van der Waals surface area contributed by atoms with Crippen LogP contribution in [-0.4, -0.2) is 29.7 Å². The van der Waals surface area contributed by atoms with Crippen LogP contribution in [-0.2, 0) is 4.79 Å². The Morgan fingerprint density at radius 3 is 2.79 bits per heavy atom. The second-order valence-corrected chi connectivity index (χ2v) is 4.34. The summed E-state index contributed by atoms with van der Waals surface area (Å²) in [4.78, 5) is 22.1. The highest BCUT2D eigenvalue weighted by atomic mass is 19.1. The van der Waals surface area contributed by atoms with E-state index in [1.54, 1.807) is 0 Å². The molecule has 1 aromatic carbocycles. The zero-order valence-corrected chi connectivity index (χ0v) is 9.82. The maximum Gasteiger partial charge on any atom is 0.404 e. The predicted octanol–water partition coefficient (Wildman–Crippen LogP) is 1.20. The first kappa shape index (κ1) is 13.3. The zero-order chi connectivity index (χ0) is 14.0. The largest absolute Gasteiger partial charge is 0.465 e. The molecule has 1 heterocycles. The van der Waals surface area contributed by atoms with Gasteiger partial charge in [0.15, 0.2) is 0 Å². The Balaban J connectivity index is 2.30. The lowest BCUT2D eigenvalue weighted by molar-refractivity contribution is -0.123. The van der Waals surface area contributed by atoms with Crippen molar-refractivity contribution in [2.45, 2.75) is 18.4 Å². The van der Waals surface area contributed by atoms with E-state index < -0.39 is 29.7 Å². The molecule has 1 saturated heterocycles. The summed E-state index contributed by atoms with van der Waals surface area (Å²) in [6.07, 6.45) is -1.30. The Morgan fingerprint density at radius 2 is 2.16 bits per heavy atom. The maximum atomic E-state index is 13.7. The smallest absolute Gasteiger partial charge is 0.404 e. The van der Waals surface area contributed by atoms with E-state index in [9.17, 15) is 18.4 Å². The Hall–Kier alpha value is -2.18. The summed E-state index contributed by atoms with van der Waals surface area (Å²) >= 11 is 0. The van der Waals surface area contributed by atoms with Crippen LogP contribution in [0.5, 0.6) is 0 Å². The van der Waals surface area contributed by atoms with Crippen LogP contribution < -0.4 is 10.6 Å². The molecule has 1 aliphatic heterocycles. The van der Waals surface area contributed by atoms with Crippen molar-refractivity contribution in [3.05, 3.63) is 35.4 Å². The predicted molar refractivity (Wildman–Crippen MR) is 61.7 cm³/mol. The minimum Gasteiger partial charge on any atom is -0.465 e. The molecule has 1 fully saturated rings. The van der Waals surface area contributed by atoms with Crippen molar-refractivity contribution >= 4 is 12.0 Å². The number of piperidine rings is 1. The van der Waals surface area contributed by atoms with Gasteiger partial charge in [-0.25, -0.2) is 13.6 Å². The van der Waals surface area contributed by atoms with Crippen molar-refractivity contribution in [2.24, 2.45) is 0 Å². The highest BCUT2D eigenvalue weighted by molar-refractivity contribution is 5.78. The lowest BCUT2D eigenvalue weighted by Crippen LogP contribution is -2.51. The van der Waals surface area contributed by atoms with Crippen LogP contribution in [0.1, 0.15) is 17.9 Å². The Morgan fingerprint density at radius 1 is 1.42 bits per heavy atom. The lowest BCUT2D eigenvalue weighted by Gasteiger charge is -2.31. The molecule has 0 aliphatic carbocycles. The van der Waals surface area contributed by atoms with Gasteiger partial charge in [-0.1, -0.05) is 6.07 Å². The monoisotopic (exact) mass is 270 g/mol. The van der Waals surface area contributed by atoms with E-state index in [0.29, 0.717) is 0 Å². The quantitative estimate of drug-likeness (QED) is 0.755. The van der Waals surface area contributed by atoms with Crippen molar-refractivity contribution < 1.29 is 23.5 Å². The fourth-order valence-corrected chi connectivity index (χ4v) is 2.22. The van der Waals surface area contributed by atoms with Gasteiger partial charge < -0.3 is 15.7 Å². The number of carbonyl (C=O) groups excluding carboxylic acids is 1. The molecule has 0 saturated carbocycles. The van der Waals surface area contributed by atoms with Gasteiger partial charge in [0.1, 0.15) is 11.6 Å². The zero-order valence-electron chi connectivity index (χ0n) is 9.82. The van der Waals surface area contributed by atoms with Gasteiger partial charge in [-0.2, -0.15) is 0 Å². The number of rotatable bonds is 2. The van der Waals surface area contributed by atoms with Gasteiger partial charge in [-0.15, -0.1) is 0 Å². The molecule has 0 bridgehead atoms. The van der Waals surface area contributed by atoms with E-state index in [1.165, 1.54) is 6.07 Å². The van der Waals surface area contributed by atoms with Crippen LogP contribution in [0.15, 0.2) is 18.2 Å². The van der Waals surface area contributed by atoms with E-state index in [4.69, 9.17) is 5.11 Å². The summed E-state index contributed by atoms with van der Waals surface area (Å²) in [7, 11) is 0. The summed E-state index contributed by atoms with van der Waals surface area (Å²) in [6.45, 7) is 0.0760. The molecule has 3 N–H and O–H groups in total. The number of halogens is 2. The number of carbonyl (C=O) groups is 2. The van der Waals surface area contributed by atoms with Crippen LogP contribution in [0, 0.1) is 11.6 Å². The summed E-state index contributed by atoms with van der Waals surface area (Å²) < 4.78 is 26.6. The highest BCUT2D eigenvalue weighted by Gasteiger charge is 2.33. The molecule has 0 radical (unpaired) electrons. The van der Waals surface area contributed by atoms with E-state index in [0.717, 1.165) is 12.1 Å². The topological polar surface area (TPSA) is 78.4 Å². The van der Waals surface area contributed by atoms with E-state index >= 15 is 0 Å². The molecule has 7 heteroatoms. The third kappa shape index (κ3) is 2.98. The fourth-order valence-electron chi connectivity index (χ4n) is 2.22. The van der Waals surface area contributed by atoms with Crippen molar-refractivity contribution in [1.29, 1.82) is 0 Å². The third-order valence-corrected chi connectivity index (χ3v) is 3.08. The molecule has 1 aliphatic rings. The minimum atomic E-state index is -1.26. The molecule has 2 rings (SSSR count). The average Bonchev–Trinajstić information content (AvgIpc) is 2.31. The van der Waals surface area contributed by atoms with Crippen LogP contribution in [0.4, 0.5) is 13.6 Å². The van der Waals surface area contributed by atoms with Crippen molar-refractivity contribution in [2.75, 3.05) is 6.54 Å². The molecule has 2 atom stereocenters. The van der Waals surface area contributed by atoms with E-state index in [2.05, 4.69) is 10.6 Å². The molecule has 2 unspecified atom stereocenters. The number of benzene rings is 1. The third-order valence-electron chi connectivity index (χ3n) is 3.08. The van der Waals surface area contributed by atoms with Crippen molar-refractivity contribution in [1.82, 2.24) is 10.6 Å². The number of carboxylic acid groups (broad SMARTS) is 1. The molecule has 5 nitrogen and oxygen atoms in total. The summed E-state index contributed by atoms with van der Waals surface area (Å²) in [5.41, 5.74) is 0.134. The normalized spacial score (nSPS) is 22.7. The van der Waals surface area contributed by atoms with Crippen molar-refractivity contribution in [3.8, 4) is 0 Å². The molecule has 2 amide bonds. The van der Waals surface area contributed by atoms with Gasteiger partial charge in [-0.05, 0) is 11.6 Å².